The van der Waals surface area contributed by atoms with E-state index in [-0.39, 0.29) is 0 Å². The zero-order valence-corrected chi connectivity index (χ0v) is 6.26. The van der Waals surface area contributed by atoms with Crippen molar-refractivity contribution in [3.63, 3.8) is 0 Å². The Bertz CT molecular complexity index is 144. The Kier molecular flexibility index (Phi) is 1.65. The third kappa shape index (κ3) is 1.63. The van der Waals surface area contributed by atoms with Crippen molar-refractivity contribution in [1.82, 2.24) is 10.6 Å². The molecule has 0 radical (unpaired) electrons. The summed E-state index contributed by atoms with van der Waals surface area (Å²) >= 11 is -1.16. The number of imide groups is 2. The standard InChI is InChI=1S/C3H2IN2O3/c7-1-4-2(8)6-3(9)5-1/h(H2,5,6,7,8,9)/q-1. The number of hydrogen-bond donors (Lipinski definition) is 2. The van der Waals surface area contributed by atoms with Gasteiger partial charge in [-0.25, -0.2) is 0 Å². The number of nitrogens with one attached hydrogen (secondary N) is 2. The molecular weight excluding hydrogens is 239 g/mol. The van der Waals surface area contributed by atoms with Crippen molar-refractivity contribution in [1.29, 1.82) is 0 Å². The molecular formula is C3H2IN2O3-. The molecule has 1 heterocycles. The molecule has 1 saturated heterocycles. The van der Waals surface area contributed by atoms with Gasteiger partial charge in [0.1, 0.15) is 0 Å². The summed E-state index contributed by atoms with van der Waals surface area (Å²) in [6.07, 6.45) is 0. The summed E-state index contributed by atoms with van der Waals surface area (Å²) in [6, 6.07) is -0.712. The predicted molar refractivity (Wildman–Crippen MR) is 22.5 cm³/mol. The van der Waals surface area contributed by atoms with E-state index in [2.05, 4.69) is 0 Å². The van der Waals surface area contributed by atoms with Crippen molar-refractivity contribution < 1.29 is 35.6 Å². The van der Waals surface area contributed by atoms with Gasteiger partial charge in [-0.2, -0.15) is 0 Å². The van der Waals surface area contributed by atoms with Crippen molar-refractivity contribution in [3.05, 3.63) is 0 Å². The van der Waals surface area contributed by atoms with Gasteiger partial charge in [0.15, 0.2) is 0 Å². The maximum atomic E-state index is 10.3. The van der Waals surface area contributed by atoms with Crippen LogP contribution in [-0.2, 0) is 0 Å². The number of carbonyl (C=O) groups is 3. The molecule has 0 aromatic carbocycles. The first-order chi connectivity index (χ1) is 4.18. The zero-order valence-electron chi connectivity index (χ0n) is 4.10. The number of carbonyl (C=O) groups excluding carboxylic acids is 3. The molecule has 5 nitrogen and oxygen atoms in total. The number of urea groups is 1. The summed E-state index contributed by atoms with van der Waals surface area (Å²) in [4.78, 5) is 30.9. The van der Waals surface area contributed by atoms with E-state index in [9.17, 15) is 14.4 Å². The average molecular weight is 241 g/mol. The monoisotopic (exact) mass is 241 g/mol. The van der Waals surface area contributed by atoms with Crippen LogP contribution in [0.4, 0.5) is 14.4 Å². The molecule has 0 aliphatic carbocycles. The molecule has 2 N–H and O–H groups in total. The number of hydrogen-bond acceptors (Lipinski definition) is 3. The van der Waals surface area contributed by atoms with Gasteiger partial charge in [-0.3, -0.25) is 0 Å². The van der Waals surface area contributed by atoms with Crippen molar-refractivity contribution >= 4 is 13.9 Å². The van der Waals surface area contributed by atoms with E-state index in [1.165, 1.54) is 0 Å². The normalized spacial score (nSPS) is 19.8. The molecule has 0 spiro atoms. The van der Waals surface area contributed by atoms with Crippen LogP contribution in [0.2, 0.25) is 0 Å². The predicted octanol–water partition coefficient (Wildman–Crippen LogP) is -3.37. The number of halogens is 1. The molecule has 0 unspecified atom stereocenters. The third-order valence-corrected chi connectivity index (χ3v) is 2.11. The Morgan fingerprint density at radius 3 is 1.78 bits per heavy atom. The van der Waals surface area contributed by atoms with Gasteiger partial charge in [0, 0.05) is 0 Å². The minimum atomic E-state index is -1.16. The summed E-state index contributed by atoms with van der Waals surface area (Å²) in [5.41, 5.74) is 0. The summed E-state index contributed by atoms with van der Waals surface area (Å²) in [5.74, 6) is 0. The Morgan fingerprint density at radius 1 is 1.00 bits per heavy atom. The van der Waals surface area contributed by atoms with Gasteiger partial charge in [0.25, 0.3) is 0 Å². The van der Waals surface area contributed by atoms with Gasteiger partial charge in [-0.15, -0.1) is 0 Å². The molecule has 0 aromatic heterocycles. The minimum absolute atomic E-state index is 0.442. The van der Waals surface area contributed by atoms with E-state index in [4.69, 9.17) is 0 Å². The first-order valence-corrected chi connectivity index (χ1v) is 4.15. The Hall–Kier alpha value is -0.660. The Labute approximate surface area is 60.4 Å². The van der Waals surface area contributed by atoms with Gasteiger partial charge in [0.05, 0.1) is 0 Å². The van der Waals surface area contributed by atoms with Gasteiger partial charge < -0.3 is 0 Å². The second-order valence-corrected chi connectivity index (χ2v) is 3.72. The molecule has 1 fully saturated rings. The second-order valence-electron chi connectivity index (χ2n) is 1.22. The van der Waals surface area contributed by atoms with Gasteiger partial charge in [-0.05, 0) is 0 Å². The molecule has 50 valence electrons. The summed E-state index contributed by atoms with van der Waals surface area (Å²) in [5, 5.41) is 3.90. The summed E-state index contributed by atoms with van der Waals surface area (Å²) < 4.78 is -0.884. The van der Waals surface area contributed by atoms with Crippen LogP contribution in [-0.4, -0.2) is 13.9 Å². The maximum absolute atomic E-state index is 10.3. The molecule has 0 bridgehead atoms. The SMILES string of the molecule is O=C1NC(=O)[I-]C(=O)N1. The Balaban J connectivity index is 2.64. The van der Waals surface area contributed by atoms with Gasteiger partial charge in [-0.1, -0.05) is 0 Å². The fraction of sp³-hybridized carbons (Fsp3) is 0. The molecule has 0 atom stereocenters. The Morgan fingerprint density at radius 2 is 1.44 bits per heavy atom. The molecule has 1 aliphatic rings. The second kappa shape index (κ2) is 2.29. The topological polar surface area (TPSA) is 75.3 Å². The molecule has 0 saturated carbocycles. The van der Waals surface area contributed by atoms with Crippen LogP contribution in [0.3, 0.4) is 0 Å². The van der Waals surface area contributed by atoms with Crippen molar-refractivity contribution in [2.24, 2.45) is 0 Å². The fourth-order valence-corrected chi connectivity index (χ4v) is 1.54. The van der Waals surface area contributed by atoms with Crippen molar-refractivity contribution in [2.75, 3.05) is 0 Å². The van der Waals surface area contributed by atoms with E-state index in [1.54, 1.807) is 0 Å². The van der Waals surface area contributed by atoms with Crippen LogP contribution >= 0.6 is 0 Å². The number of rotatable bonds is 0. The van der Waals surface area contributed by atoms with E-state index in [0.29, 0.717) is 0 Å². The molecule has 0 aromatic rings. The van der Waals surface area contributed by atoms with Gasteiger partial charge in [0.2, 0.25) is 0 Å². The van der Waals surface area contributed by atoms with Crippen molar-refractivity contribution in [2.45, 2.75) is 0 Å². The number of amides is 4. The molecule has 6 heteroatoms. The van der Waals surface area contributed by atoms with E-state index in [1.807, 2.05) is 10.6 Å². The van der Waals surface area contributed by atoms with Crippen LogP contribution in [0.15, 0.2) is 0 Å². The van der Waals surface area contributed by atoms with Crippen LogP contribution in [0.1, 0.15) is 0 Å². The van der Waals surface area contributed by atoms with Crippen LogP contribution in [0, 0.1) is 0 Å². The molecule has 9 heavy (non-hydrogen) atoms. The third-order valence-electron chi connectivity index (χ3n) is 0.595. The summed E-state index contributed by atoms with van der Waals surface area (Å²) in [7, 11) is 0. The molecule has 1 aliphatic heterocycles. The van der Waals surface area contributed by atoms with Gasteiger partial charge >= 0.3 is 60.1 Å². The first-order valence-electron chi connectivity index (χ1n) is 1.99. The van der Waals surface area contributed by atoms with Crippen molar-refractivity contribution in [3.8, 4) is 0 Å². The fourth-order valence-electron chi connectivity index (χ4n) is 0.335. The zero-order chi connectivity index (χ0) is 6.85. The summed E-state index contributed by atoms with van der Waals surface area (Å²) in [6.45, 7) is 0. The average Bonchev–Trinajstić information content (AvgIpc) is 1.59. The quantitative estimate of drug-likeness (QED) is 0.264. The molecule has 1 rings (SSSR count). The van der Waals surface area contributed by atoms with E-state index >= 15 is 0 Å². The van der Waals surface area contributed by atoms with Crippen LogP contribution in [0.25, 0.3) is 0 Å². The van der Waals surface area contributed by atoms with E-state index in [0.717, 1.165) is 0 Å². The first kappa shape index (κ1) is 6.46. The molecule has 4 amide bonds. The van der Waals surface area contributed by atoms with Crippen LogP contribution in [0.5, 0.6) is 0 Å². The van der Waals surface area contributed by atoms with E-state index < -0.39 is 35.1 Å². The van der Waals surface area contributed by atoms with Crippen LogP contribution < -0.4 is 31.8 Å².